The van der Waals surface area contributed by atoms with Crippen molar-refractivity contribution >= 4 is 40.5 Å². The minimum absolute atomic E-state index is 0.136. The number of thiocarbonyl (C=S) groups is 1. The molecule has 150 valence electrons. The van der Waals surface area contributed by atoms with Gasteiger partial charge in [-0.15, -0.1) is 0 Å². The summed E-state index contributed by atoms with van der Waals surface area (Å²) in [6, 6.07) is 12.8. The predicted octanol–water partition coefficient (Wildman–Crippen LogP) is 3.69. The molecule has 2 amide bonds. The molecule has 1 heterocycles. The number of hydrogen-bond acceptors (Lipinski definition) is 3. The number of rotatable bonds is 4. The summed E-state index contributed by atoms with van der Waals surface area (Å²) in [5.41, 5.74) is 5.84. The monoisotopic (exact) mass is 408 g/mol. The molecule has 0 fully saturated rings. The van der Waals surface area contributed by atoms with Gasteiger partial charge in [0.05, 0.1) is 11.6 Å². The van der Waals surface area contributed by atoms with Gasteiger partial charge in [-0.3, -0.25) is 9.59 Å². The lowest BCUT2D eigenvalue weighted by Gasteiger charge is -2.30. The second kappa shape index (κ2) is 8.45. The van der Waals surface area contributed by atoms with E-state index in [0.29, 0.717) is 22.1 Å². The van der Waals surface area contributed by atoms with Gasteiger partial charge in [-0.1, -0.05) is 18.2 Å². The highest BCUT2D eigenvalue weighted by atomic mass is 32.1. The summed E-state index contributed by atoms with van der Waals surface area (Å²) in [7, 11) is 0. The molecule has 0 unspecified atom stereocenters. The summed E-state index contributed by atoms with van der Waals surface area (Å²) >= 11 is 5.30. The third-order valence-electron chi connectivity index (χ3n) is 4.84. The second-order valence-corrected chi connectivity index (χ2v) is 7.53. The van der Waals surface area contributed by atoms with Gasteiger partial charge < -0.3 is 21.3 Å². The highest BCUT2D eigenvalue weighted by Gasteiger charge is 2.30. The minimum atomic E-state index is -0.401. The fourth-order valence-corrected chi connectivity index (χ4v) is 3.50. The van der Waals surface area contributed by atoms with Gasteiger partial charge in [0.25, 0.3) is 5.91 Å². The Balaban J connectivity index is 1.90. The maximum absolute atomic E-state index is 13.1. The van der Waals surface area contributed by atoms with Crippen molar-refractivity contribution in [2.75, 3.05) is 10.6 Å². The van der Waals surface area contributed by atoms with E-state index in [2.05, 4.69) is 21.3 Å². The van der Waals surface area contributed by atoms with Gasteiger partial charge in [-0.25, -0.2) is 0 Å². The first-order valence-corrected chi connectivity index (χ1v) is 9.70. The van der Waals surface area contributed by atoms with Gasteiger partial charge in [0, 0.05) is 24.0 Å². The molecule has 0 saturated carbocycles. The first kappa shape index (κ1) is 20.5. The average Bonchev–Trinajstić information content (AvgIpc) is 2.64. The van der Waals surface area contributed by atoms with Gasteiger partial charge in [0.1, 0.15) is 0 Å². The lowest BCUT2D eigenvalue weighted by atomic mass is 9.94. The smallest absolute Gasteiger partial charge is 0.255 e. The van der Waals surface area contributed by atoms with Gasteiger partial charge in [-0.2, -0.15) is 0 Å². The average molecular weight is 409 g/mol. The number of aryl methyl sites for hydroxylation is 2. The Bertz CT molecular complexity index is 1010. The molecule has 2 aromatic carbocycles. The number of allylic oxidation sites excluding steroid dienone is 1. The van der Waals surface area contributed by atoms with Crippen LogP contribution in [0.2, 0.25) is 0 Å². The fourth-order valence-electron chi connectivity index (χ4n) is 3.22. The SMILES string of the molecule is CC(=O)Nc1ccc([C@H]2NC(=S)NC(C)=C2C(=O)Nc2ccc(C)c(C)c2)cc1. The van der Waals surface area contributed by atoms with E-state index in [-0.39, 0.29) is 11.8 Å². The zero-order valence-electron chi connectivity index (χ0n) is 16.8. The first-order chi connectivity index (χ1) is 13.7. The predicted molar refractivity (Wildman–Crippen MR) is 120 cm³/mol. The Hall–Kier alpha value is -3.19. The number of hydrogen-bond donors (Lipinski definition) is 4. The van der Waals surface area contributed by atoms with Crippen LogP contribution in [0.15, 0.2) is 53.7 Å². The molecule has 0 bridgehead atoms. The molecule has 0 radical (unpaired) electrons. The van der Waals surface area contributed by atoms with Crippen LogP contribution >= 0.6 is 12.2 Å². The van der Waals surface area contributed by atoms with E-state index < -0.39 is 6.04 Å². The number of anilines is 2. The molecule has 4 N–H and O–H groups in total. The van der Waals surface area contributed by atoms with Crippen molar-refractivity contribution in [3.05, 3.63) is 70.4 Å². The largest absolute Gasteiger partial charge is 0.351 e. The number of amides is 2. The van der Waals surface area contributed by atoms with Crippen molar-refractivity contribution in [1.82, 2.24) is 10.6 Å². The molecule has 0 spiro atoms. The Morgan fingerprint density at radius 3 is 2.21 bits per heavy atom. The Labute approximate surface area is 175 Å². The standard InChI is InChI=1S/C22H24N4O2S/c1-12-5-8-18(11-13(12)2)25-21(28)19-14(3)23-22(29)26-20(19)16-6-9-17(10-7-16)24-15(4)27/h5-11,20H,1-4H3,(H,24,27)(H,25,28)(H2,23,26,29)/t20-/m1/s1. The summed E-state index contributed by atoms with van der Waals surface area (Å²) in [5, 5.41) is 12.4. The van der Waals surface area contributed by atoms with Crippen LogP contribution in [0, 0.1) is 13.8 Å². The van der Waals surface area contributed by atoms with E-state index in [1.165, 1.54) is 12.5 Å². The number of carbonyl (C=O) groups is 2. The summed E-state index contributed by atoms with van der Waals surface area (Å²) in [6.45, 7) is 7.34. The summed E-state index contributed by atoms with van der Waals surface area (Å²) in [6.07, 6.45) is 0. The molecule has 7 heteroatoms. The van der Waals surface area contributed by atoms with E-state index in [4.69, 9.17) is 12.2 Å². The fraction of sp³-hybridized carbons (Fsp3) is 0.227. The van der Waals surface area contributed by atoms with Crippen molar-refractivity contribution in [2.45, 2.75) is 33.7 Å². The van der Waals surface area contributed by atoms with Crippen LogP contribution in [-0.2, 0) is 9.59 Å². The van der Waals surface area contributed by atoms with Crippen LogP contribution in [0.3, 0.4) is 0 Å². The third kappa shape index (κ3) is 4.81. The van der Waals surface area contributed by atoms with Crippen LogP contribution < -0.4 is 21.3 Å². The number of carbonyl (C=O) groups excluding carboxylic acids is 2. The topological polar surface area (TPSA) is 82.3 Å². The molecule has 1 atom stereocenters. The maximum Gasteiger partial charge on any atom is 0.255 e. The molecule has 3 rings (SSSR count). The van der Waals surface area contributed by atoms with Crippen molar-refractivity contribution < 1.29 is 9.59 Å². The normalized spacial score (nSPS) is 16.0. The Kier molecular flexibility index (Phi) is 5.98. The van der Waals surface area contributed by atoms with Crippen molar-refractivity contribution in [2.24, 2.45) is 0 Å². The van der Waals surface area contributed by atoms with Crippen LogP contribution in [0.25, 0.3) is 0 Å². The number of nitrogens with one attached hydrogen (secondary N) is 4. The van der Waals surface area contributed by atoms with Crippen LogP contribution in [0.1, 0.15) is 36.6 Å². The molecular weight excluding hydrogens is 384 g/mol. The summed E-state index contributed by atoms with van der Waals surface area (Å²) in [4.78, 5) is 24.4. The van der Waals surface area contributed by atoms with Gasteiger partial charge in [-0.05, 0) is 73.9 Å². The Morgan fingerprint density at radius 1 is 0.931 bits per heavy atom. The quantitative estimate of drug-likeness (QED) is 0.580. The minimum Gasteiger partial charge on any atom is -0.351 e. The molecule has 0 saturated heterocycles. The first-order valence-electron chi connectivity index (χ1n) is 9.29. The van der Waals surface area contributed by atoms with E-state index >= 15 is 0 Å². The van der Waals surface area contributed by atoms with Gasteiger partial charge in [0.15, 0.2) is 5.11 Å². The third-order valence-corrected chi connectivity index (χ3v) is 5.06. The molecule has 6 nitrogen and oxygen atoms in total. The van der Waals surface area contributed by atoms with Crippen molar-refractivity contribution in [3.8, 4) is 0 Å². The van der Waals surface area contributed by atoms with E-state index in [1.807, 2.05) is 51.1 Å². The molecular formula is C22H24N4O2S. The molecule has 2 aromatic rings. The highest BCUT2D eigenvalue weighted by Crippen LogP contribution is 2.29. The molecule has 1 aliphatic rings. The van der Waals surface area contributed by atoms with Crippen molar-refractivity contribution in [3.63, 3.8) is 0 Å². The molecule has 1 aliphatic heterocycles. The second-order valence-electron chi connectivity index (χ2n) is 7.13. The van der Waals surface area contributed by atoms with Crippen molar-refractivity contribution in [1.29, 1.82) is 0 Å². The van der Waals surface area contributed by atoms with E-state index in [0.717, 1.165) is 16.8 Å². The molecule has 0 aromatic heterocycles. The van der Waals surface area contributed by atoms with Gasteiger partial charge >= 0.3 is 0 Å². The maximum atomic E-state index is 13.1. The lowest BCUT2D eigenvalue weighted by Crippen LogP contribution is -2.45. The lowest BCUT2D eigenvalue weighted by molar-refractivity contribution is -0.114. The van der Waals surface area contributed by atoms with E-state index in [1.54, 1.807) is 12.1 Å². The van der Waals surface area contributed by atoms with Gasteiger partial charge in [0.2, 0.25) is 5.91 Å². The highest BCUT2D eigenvalue weighted by molar-refractivity contribution is 7.80. The zero-order chi connectivity index (χ0) is 21.1. The zero-order valence-corrected chi connectivity index (χ0v) is 17.7. The summed E-state index contributed by atoms with van der Waals surface area (Å²) in [5.74, 6) is -0.340. The molecule has 29 heavy (non-hydrogen) atoms. The van der Waals surface area contributed by atoms with Crippen LogP contribution in [-0.4, -0.2) is 16.9 Å². The van der Waals surface area contributed by atoms with Crippen LogP contribution in [0.4, 0.5) is 11.4 Å². The summed E-state index contributed by atoms with van der Waals surface area (Å²) < 4.78 is 0. The van der Waals surface area contributed by atoms with E-state index in [9.17, 15) is 9.59 Å². The number of benzene rings is 2. The molecule has 0 aliphatic carbocycles. The van der Waals surface area contributed by atoms with Crippen LogP contribution in [0.5, 0.6) is 0 Å². The Morgan fingerprint density at radius 2 is 1.59 bits per heavy atom.